The molecule has 2 aromatic heterocycles. The van der Waals surface area contributed by atoms with Gasteiger partial charge in [-0.25, -0.2) is 4.79 Å². The van der Waals surface area contributed by atoms with Crippen LogP contribution in [0.4, 0.5) is 0 Å². The second-order valence-electron chi connectivity index (χ2n) is 11.0. The molecule has 9 heteroatoms. The lowest BCUT2D eigenvalue weighted by Crippen LogP contribution is -2.58. The molecular weight excluding hydrogens is 546 g/mol. The molecule has 0 spiro atoms. The molecule has 0 radical (unpaired) electrons. The number of esters is 2. The summed E-state index contributed by atoms with van der Waals surface area (Å²) in [6, 6.07) is 12.6. The second kappa shape index (κ2) is 12.4. The molecule has 2 aliphatic rings. The van der Waals surface area contributed by atoms with Crippen LogP contribution >= 0.6 is 22.7 Å². The largest absolute Gasteiger partial charge is 0.494 e. The molecule has 0 amide bonds. The monoisotopic (exact) mass is 584 g/mol. The van der Waals surface area contributed by atoms with E-state index >= 15 is 0 Å². The third kappa shape index (κ3) is 5.98. The number of carbonyl (C=O) groups is 2. The summed E-state index contributed by atoms with van der Waals surface area (Å²) in [6.07, 6.45) is 4.52. The van der Waals surface area contributed by atoms with Crippen molar-refractivity contribution in [2.24, 2.45) is 0 Å². The molecule has 3 aromatic rings. The molecule has 1 aromatic carbocycles. The van der Waals surface area contributed by atoms with Crippen LogP contribution in [-0.4, -0.2) is 60.0 Å². The van der Waals surface area contributed by atoms with E-state index in [-0.39, 0.29) is 12.1 Å². The molecule has 2 saturated heterocycles. The zero-order chi connectivity index (χ0) is 28.2. The summed E-state index contributed by atoms with van der Waals surface area (Å²) in [4.78, 5) is 25.1. The van der Waals surface area contributed by atoms with Crippen molar-refractivity contribution < 1.29 is 33.4 Å². The molecule has 0 saturated carbocycles. The Morgan fingerprint density at radius 1 is 1.05 bits per heavy atom. The number of ether oxygens (including phenoxy) is 3. The van der Waals surface area contributed by atoms with Crippen LogP contribution in [0.5, 0.6) is 5.75 Å². The highest BCUT2D eigenvalue weighted by Crippen LogP contribution is 2.44. The first-order chi connectivity index (χ1) is 19.3. The smallest absolute Gasteiger partial charge is 0.348 e. The number of quaternary nitrogens is 1. The summed E-state index contributed by atoms with van der Waals surface area (Å²) in [5.74, 6) is 0.0346. The van der Waals surface area contributed by atoms with Crippen molar-refractivity contribution in [3.05, 3.63) is 74.6 Å². The van der Waals surface area contributed by atoms with Crippen molar-refractivity contribution in [2.75, 3.05) is 20.3 Å². The van der Waals surface area contributed by atoms with Crippen LogP contribution in [0.15, 0.2) is 57.9 Å². The van der Waals surface area contributed by atoms with Crippen LogP contribution in [0.1, 0.15) is 62.1 Å². The number of piperidine rings is 1. The molecule has 4 atom stereocenters. The van der Waals surface area contributed by atoms with E-state index in [1.807, 2.05) is 40.6 Å². The highest BCUT2D eigenvalue weighted by molar-refractivity contribution is 7.08. The lowest BCUT2D eigenvalue weighted by Gasteiger charge is -2.47. The molecule has 2 fully saturated rings. The van der Waals surface area contributed by atoms with Crippen molar-refractivity contribution in [1.82, 2.24) is 0 Å². The number of hydrogen-bond donors (Lipinski definition) is 1. The molecule has 214 valence electrons. The molecule has 2 bridgehead atoms. The number of hydrogen-bond acceptors (Lipinski definition) is 8. The Labute approximate surface area is 243 Å². The molecule has 40 heavy (non-hydrogen) atoms. The molecule has 2 aliphatic heterocycles. The first-order valence-electron chi connectivity index (χ1n) is 14.0. The van der Waals surface area contributed by atoms with Crippen LogP contribution in [0.3, 0.4) is 0 Å². The zero-order valence-corrected chi connectivity index (χ0v) is 24.8. The van der Waals surface area contributed by atoms with Crippen LogP contribution in [-0.2, 0) is 31.2 Å². The average Bonchev–Trinajstić information content (AvgIpc) is 3.69. The fourth-order valence-corrected chi connectivity index (χ4v) is 7.79. The zero-order valence-electron chi connectivity index (χ0n) is 23.1. The topological polar surface area (TPSA) is 82.1 Å². The predicted octanol–water partition coefficient (Wildman–Crippen LogP) is 5.65. The van der Waals surface area contributed by atoms with Crippen LogP contribution in [0.25, 0.3) is 0 Å². The third-order valence-corrected chi connectivity index (χ3v) is 9.91. The maximum Gasteiger partial charge on any atom is 0.348 e. The van der Waals surface area contributed by atoms with Gasteiger partial charge in [0.1, 0.15) is 18.4 Å². The van der Waals surface area contributed by atoms with Crippen molar-refractivity contribution in [1.29, 1.82) is 0 Å². The van der Waals surface area contributed by atoms with Gasteiger partial charge in [-0.15, -0.1) is 0 Å². The normalized spacial score (nSPS) is 24.0. The maximum absolute atomic E-state index is 13.5. The number of aliphatic hydroxyl groups is 1. The Morgan fingerprint density at radius 2 is 1.73 bits per heavy atom. The average molecular weight is 585 g/mol. The number of rotatable bonds is 12. The van der Waals surface area contributed by atoms with E-state index in [0.717, 1.165) is 42.5 Å². The minimum Gasteiger partial charge on any atom is -0.494 e. The second-order valence-corrected chi connectivity index (χ2v) is 12.6. The first-order valence-corrected chi connectivity index (χ1v) is 15.9. The quantitative estimate of drug-likeness (QED) is 0.168. The van der Waals surface area contributed by atoms with Crippen LogP contribution < -0.4 is 4.74 Å². The summed E-state index contributed by atoms with van der Waals surface area (Å²) in [6.45, 7) is 3.55. The number of benzene rings is 1. The first kappa shape index (κ1) is 28.8. The standard InChI is InChI=1S/C31H38NO6S2/c1-3-36-29(33)8-5-13-37-27-7-4-6-22(16-27)19-32(2)25-9-10-26(32)18-28(17-25)38-30(34)31(35,23-11-14-39-20-23)24-12-15-40-21-24/h4,6-7,11-12,14-16,20-21,25-26,28,35H,3,5,8-10,13,17-19H2,1-2H3/q+1/t25-,26+,28?,32?. The highest BCUT2D eigenvalue weighted by Gasteiger charge is 2.53. The van der Waals surface area contributed by atoms with E-state index in [1.165, 1.54) is 28.2 Å². The molecule has 4 heterocycles. The number of thiophene rings is 2. The fraction of sp³-hybridized carbons (Fsp3) is 0.484. The lowest BCUT2D eigenvalue weighted by molar-refractivity contribution is -0.961. The molecule has 7 nitrogen and oxygen atoms in total. The Kier molecular flexibility index (Phi) is 8.95. The van der Waals surface area contributed by atoms with Gasteiger partial charge < -0.3 is 23.8 Å². The Bertz CT molecular complexity index is 1230. The van der Waals surface area contributed by atoms with Crippen molar-refractivity contribution in [3.8, 4) is 5.75 Å². The van der Waals surface area contributed by atoms with E-state index in [2.05, 4.69) is 19.2 Å². The maximum atomic E-state index is 13.5. The van der Waals surface area contributed by atoms with Gasteiger partial charge in [-0.1, -0.05) is 12.1 Å². The van der Waals surface area contributed by atoms with Gasteiger partial charge in [0, 0.05) is 48.8 Å². The molecule has 1 N–H and O–H groups in total. The minimum atomic E-state index is -1.79. The molecule has 0 aliphatic carbocycles. The molecule has 2 unspecified atom stereocenters. The summed E-state index contributed by atoms with van der Waals surface area (Å²) in [5, 5.41) is 19.0. The number of fused-ring (bicyclic) bond motifs is 2. The highest BCUT2D eigenvalue weighted by atomic mass is 32.1. The predicted molar refractivity (Wildman–Crippen MR) is 155 cm³/mol. The molecule has 5 rings (SSSR count). The van der Waals surface area contributed by atoms with E-state index in [9.17, 15) is 14.7 Å². The van der Waals surface area contributed by atoms with Gasteiger partial charge in [-0.2, -0.15) is 22.7 Å². The summed E-state index contributed by atoms with van der Waals surface area (Å²) >= 11 is 2.91. The van der Waals surface area contributed by atoms with Gasteiger partial charge in [-0.05, 0) is 59.1 Å². The van der Waals surface area contributed by atoms with Gasteiger partial charge in [0.05, 0.1) is 32.3 Å². The van der Waals surface area contributed by atoms with Gasteiger partial charge >= 0.3 is 11.9 Å². The summed E-state index contributed by atoms with van der Waals surface area (Å²) in [5.41, 5.74) is 0.541. The minimum absolute atomic E-state index is 0.190. The summed E-state index contributed by atoms with van der Waals surface area (Å²) in [7, 11) is 2.32. The van der Waals surface area contributed by atoms with E-state index in [1.54, 1.807) is 12.1 Å². The number of nitrogens with zero attached hydrogens (tertiary/aromatic N) is 1. The van der Waals surface area contributed by atoms with Gasteiger partial charge in [0.15, 0.2) is 0 Å². The SMILES string of the molecule is CCOC(=O)CCCOc1cccc(C[N+]2(C)[C@@H]3CC[C@H]2CC(OC(=O)C(O)(c2ccsc2)c2ccsc2)C3)c1. The lowest BCUT2D eigenvalue weighted by atomic mass is 9.89. The Hall–Kier alpha value is -2.72. The van der Waals surface area contributed by atoms with Crippen LogP contribution in [0, 0.1) is 0 Å². The van der Waals surface area contributed by atoms with Gasteiger partial charge in [0.2, 0.25) is 5.60 Å². The number of carbonyl (C=O) groups excluding carboxylic acids is 2. The summed E-state index contributed by atoms with van der Waals surface area (Å²) < 4.78 is 17.9. The van der Waals surface area contributed by atoms with Gasteiger partial charge in [0.25, 0.3) is 0 Å². The van der Waals surface area contributed by atoms with Crippen molar-refractivity contribution >= 4 is 34.6 Å². The van der Waals surface area contributed by atoms with E-state index < -0.39 is 11.6 Å². The Balaban J connectivity index is 1.20. The van der Waals surface area contributed by atoms with Gasteiger partial charge in [-0.3, -0.25) is 4.79 Å². The third-order valence-electron chi connectivity index (χ3n) is 8.54. The van der Waals surface area contributed by atoms with Crippen LogP contribution in [0.2, 0.25) is 0 Å². The fourth-order valence-electron chi connectivity index (χ4n) is 6.39. The van der Waals surface area contributed by atoms with E-state index in [4.69, 9.17) is 14.2 Å². The van der Waals surface area contributed by atoms with Crippen molar-refractivity contribution in [3.63, 3.8) is 0 Å². The Morgan fingerprint density at radius 3 is 2.33 bits per heavy atom. The van der Waals surface area contributed by atoms with E-state index in [0.29, 0.717) is 49.3 Å². The molecular formula is C31H38NO6S2+. The van der Waals surface area contributed by atoms with Crippen molar-refractivity contribution in [2.45, 2.75) is 75.8 Å².